The van der Waals surface area contributed by atoms with Gasteiger partial charge in [-0.15, -0.1) is 0 Å². The summed E-state index contributed by atoms with van der Waals surface area (Å²) in [6, 6.07) is 16.3. The van der Waals surface area contributed by atoms with Gasteiger partial charge < -0.3 is 10.2 Å². The number of benzene rings is 2. The van der Waals surface area contributed by atoms with Crippen molar-refractivity contribution < 1.29 is 4.79 Å². The van der Waals surface area contributed by atoms with Gasteiger partial charge >= 0.3 is 0 Å². The van der Waals surface area contributed by atoms with Crippen molar-refractivity contribution in [2.45, 2.75) is 45.6 Å². The Morgan fingerprint density at radius 1 is 1.21 bits per heavy atom. The fourth-order valence-electron chi connectivity index (χ4n) is 3.85. The zero-order valence-electron chi connectivity index (χ0n) is 17.2. The van der Waals surface area contributed by atoms with Crippen molar-refractivity contribution in [1.29, 1.82) is 0 Å². The van der Waals surface area contributed by atoms with Gasteiger partial charge in [0.2, 0.25) is 0 Å². The molecule has 1 aliphatic heterocycles. The Morgan fingerprint density at radius 2 is 1.97 bits per heavy atom. The van der Waals surface area contributed by atoms with E-state index < -0.39 is 0 Å². The molecule has 1 atom stereocenters. The molecule has 4 rings (SSSR count). The van der Waals surface area contributed by atoms with Gasteiger partial charge in [-0.05, 0) is 55.4 Å². The second-order valence-electron chi connectivity index (χ2n) is 8.12. The zero-order valence-corrected chi connectivity index (χ0v) is 18.0. The van der Waals surface area contributed by atoms with E-state index in [1.54, 1.807) is 11.3 Å². The molecule has 5 heteroatoms. The van der Waals surface area contributed by atoms with Crippen LogP contribution in [-0.2, 0) is 6.42 Å². The van der Waals surface area contributed by atoms with Crippen LogP contribution >= 0.6 is 11.3 Å². The predicted octanol–water partition coefficient (Wildman–Crippen LogP) is 5.28. The molecule has 1 aliphatic rings. The number of fused-ring (bicyclic) bond motifs is 1. The maximum atomic E-state index is 12.9. The number of anilines is 1. The molecule has 1 aromatic heterocycles. The number of nitrogens with one attached hydrogen (secondary N) is 1. The van der Waals surface area contributed by atoms with E-state index in [1.807, 2.05) is 36.4 Å². The molecule has 29 heavy (non-hydrogen) atoms. The molecule has 152 valence electrons. The molecule has 1 saturated heterocycles. The third-order valence-electron chi connectivity index (χ3n) is 5.85. The van der Waals surface area contributed by atoms with Crippen LogP contribution in [0.15, 0.2) is 48.5 Å². The Morgan fingerprint density at radius 3 is 2.69 bits per heavy atom. The summed E-state index contributed by atoms with van der Waals surface area (Å²) in [7, 11) is 0. The lowest BCUT2D eigenvalue weighted by Crippen LogP contribution is -2.35. The summed E-state index contributed by atoms with van der Waals surface area (Å²) in [5.41, 5.74) is 2.95. The Balaban J connectivity index is 1.46. The minimum absolute atomic E-state index is 0.00331. The molecule has 3 aromatic rings. The van der Waals surface area contributed by atoms with Crippen LogP contribution < -0.4 is 10.2 Å². The third-order valence-corrected chi connectivity index (χ3v) is 6.93. The minimum Gasteiger partial charge on any atom is -0.349 e. The first-order valence-electron chi connectivity index (χ1n) is 10.6. The highest BCUT2D eigenvalue weighted by atomic mass is 32.1. The van der Waals surface area contributed by atoms with Crippen LogP contribution in [0.1, 0.15) is 49.0 Å². The maximum absolute atomic E-state index is 12.9. The standard InChI is InChI=1S/C24H29N3OS/c1-3-20(15-18-7-5-4-6-8-18)25-23(28)19-9-10-21-22(16-19)29-24(26-21)27-13-11-17(2)12-14-27/h4-10,16-17,20H,3,11-15H2,1-2H3,(H,25,28)/t20-/m1/s1. The van der Waals surface area contributed by atoms with Crippen LogP contribution in [0.4, 0.5) is 5.13 Å². The smallest absolute Gasteiger partial charge is 0.251 e. The molecule has 0 unspecified atom stereocenters. The minimum atomic E-state index is -0.00331. The van der Waals surface area contributed by atoms with Crippen LogP contribution in [0.5, 0.6) is 0 Å². The molecule has 2 aromatic carbocycles. The number of piperidine rings is 1. The quantitative estimate of drug-likeness (QED) is 0.604. The van der Waals surface area contributed by atoms with E-state index in [1.165, 1.54) is 18.4 Å². The van der Waals surface area contributed by atoms with Crippen LogP contribution in [0, 0.1) is 5.92 Å². The van der Waals surface area contributed by atoms with Crippen molar-refractivity contribution in [2.24, 2.45) is 5.92 Å². The van der Waals surface area contributed by atoms with E-state index in [9.17, 15) is 4.79 Å². The lowest BCUT2D eigenvalue weighted by Gasteiger charge is -2.29. The predicted molar refractivity (Wildman–Crippen MR) is 122 cm³/mol. The number of aromatic nitrogens is 1. The van der Waals surface area contributed by atoms with Gasteiger partial charge in [-0.25, -0.2) is 4.98 Å². The number of amides is 1. The summed E-state index contributed by atoms with van der Waals surface area (Å²) in [6.45, 7) is 6.59. The van der Waals surface area contributed by atoms with Gasteiger partial charge in [0.15, 0.2) is 5.13 Å². The van der Waals surface area contributed by atoms with Crippen molar-refractivity contribution in [2.75, 3.05) is 18.0 Å². The van der Waals surface area contributed by atoms with E-state index in [4.69, 9.17) is 4.98 Å². The first kappa shape index (κ1) is 19.9. The molecule has 1 amide bonds. The summed E-state index contributed by atoms with van der Waals surface area (Å²) in [4.78, 5) is 20.0. The molecular weight excluding hydrogens is 378 g/mol. The molecular formula is C24H29N3OS. The molecule has 0 spiro atoms. The summed E-state index contributed by atoms with van der Waals surface area (Å²) in [5, 5.41) is 4.29. The summed E-state index contributed by atoms with van der Waals surface area (Å²) >= 11 is 1.70. The molecule has 0 aliphatic carbocycles. The fourth-order valence-corrected chi connectivity index (χ4v) is 4.91. The van der Waals surface area contributed by atoms with Crippen LogP contribution in [-0.4, -0.2) is 30.0 Å². The number of carbonyl (C=O) groups excluding carboxylic acids is 1. The molecule has 0 bridgehead atoms. The van der Waals surface area contributed by atoms with Gasteiger partial charge in [-0.3, -0.25) is 4.79 Å². The van der Waals surface area contributed by atoms with Gasteiger partial charge in [0.05, 0.1) is 10.2 Å². The zero-order chi connectivity index (χ0) is 20.2. The second kappa shape index (κ2) is 8.95. The lowest BCUT2D eigenvalue weighted by atomic mass is 10.00. The Hall–Kier alpha value is -2.40. The van der Waals surface area contributed by atoms with Crippen molar-refractivity contribution in [3.8, 4) is 0 Å². The normalized spacial score (nSPS) is 16.1. The van der Waals surface area contributed by atoms with E-state index >= 15 is 0 Å². The van der Waals surface area contributed by atoms with Gasteiger partial charge in [-0.2, -0.15) is 0 Å². The highest BCUT2D eigenvalue weighted by molar-refractivity contribution is 7.22. The summed E-state index contributed by atoms with van der Waals surface area (Å²) in [5.74, 6) is 0.801. The van der Waals surface area contributed by atoms with Crippen molar-refractivity contribution in [3.05, 3.63) is 59.7 Å². The summed E-state index contributed by atoms with van der Waals surface area (Å²) < 4.78 is 1.09. The Bertz CT molecular complexity index is 961. The monoisotopic (exact) mass is 407 g/mol. The van der Waals surface area contributed by atoms with E-state index in [0.717, 1.165) is 47.2 Å². The molecule has 1 fully saturated rings. The topological polar surface area (TPSA) is 45.2 Å². The van der Waals surface area contributed by atoms with Gasteiger partial charge in [0, 0.05) is 24.7 Å². The fraction of sp³-hybridized carbons (Fsp3) is 0.417. The number of thiazole rings is 1. The van der Waals surface area contributed by atoms with Crippen LogP contribution in [0.2, 0.25) is 0 Å². The largest absolute Gasteiger partial charge is 0.349 e. The van der Waals surface area contributed by atoms with E-state index in [-0.39, 0.29) is 11.9 Å². The SMILES string of the molecule is CC[C@H](Cc1ccccc1)NC(=O)c1ccc2nc(N3CCC(C)CC3)sc2c1. The molecule has 4 nitrogen and oxygen atoms in total. The molecule has 1 N–H and O–H groups in total. The first-order chi connectivity index (χ1) is 14.1. The van der Waals surface area contributed by atoms with Crippen molar-refractivity contribution in [1.82, 2.24) is 10.3 Å². The number of hydrogen-bond donors (Lipinski definition) is 1. The van der Waals surface area contributed by atoms with E-state index in [0.29, 0.717) is 5.56 Å². The second-order valence-corrected chi connectivity index (χ2v) is 9.13. The van der Waals surface area contributed by atoms with Crippen molar-refractivity contribution >= 4 is 32.6 Å². The van der Waals surface area contributed by atoms with Crippen LogP contribution in [0.25, 0.3) is 10.2 Å². The van der Waals surface area contributed by atoms with Gasteiger partial charge in [0.1, 0.15) is 0 Å². The first-order valence-corrected chi connectivity index (χ1v) is 11.4. The highest BCUT2D eigenvalue weighted by Gasteiger charge is 2.20. The number of carbonyl (C=O) groups is 1. The van der Waals surface area contributed by atoms with Crippen LogP contribution in [0.3, 0.4) is 0 Å². The number of nitrogens with zero attached hydrogens (tertiary/aromatic N) is 2. The number of hydrogen-bond acceptors (Lipinski definition) is 4. The average molecular weight is 408 g/mol. The van der Waals surface area contributed by atoms with Gasteiger partial charge in [-0.1, -0.05) is 55.5 Å². The maximum Gasteiger partial charge on any atom is 0.251 e. The summed E-state index contributed by atoms with van der Waals surface area (Å²) in [6.07, 6.45) is 4.21. The highest BCUT2D eigenvalue weighted by Crippen LogP contribution is 2.32. The van der Waals surface area contributed by atoms with E-state index in [2.05, 4.69) is 36.2 Å². The lowest BCUT2D eigenvalue weighted by molar-refractivity contribution is 0.0936. The molecule has 2 heterocycles. The third kappa shape index (κ3) is 4.78. The van der Waals surface area contributed by atoms with Gasteiger partial charge in [0.25, 0.3) is 5.91 Å². The number of rotatable bonds is 6. The average Bonchev–Trinajstić information content (AvgIpc) is 3.17. The molecule has 0 radical (unpaired) electrons. The van der Waals surface area contributed by atoms with Crippen molar-refractivity contribution in [3.63, 3.8) is 0 Å². The Labute approximate surface area is 177 Å². The Kier molecular flexibility index (Phi) is 6.14. The molecule has 0 saturated carbocycles.